The van der Waals surface area contributed by atoms with Gasteiger partial charge in [0.1, 0.15) is 5.84 Å². The number of halogens is 1. The molecule has 3 aromatic rings. The second-order valence-corrected chi connectivity index (χ2v) is 16.4. The van der Waals surface area contributed by atoms with E-state index >= 15 is 0 Å². The molecule has 0 bridgehead atoms. The fourth-order valence-electron chi connectivity index (χ4n) is 8.66. The van der Waals surface area contributed by atoms with Crippen molar-refractivity contribution in [1.29, 1.82) is 0 Å². The number of aliphatic imine (C=N–C) groups is 1. The number of benzene rings is 3. The zero-order valence-electron chi connectivity index (χ0n) is 33.1. The Morgan fingerprint density at radius 1 is 0.946 bits per heavy atom. The average molecular weight is 781 g/mol. The van der Waals surface area contributed by atoms with Crippen molar-refractivity contribution < 1.29 is 24.0 Å². The molecule has 296 valence electrons. The van der Waals surface area contributed by atoms with E-state index in [1.807, 2.05) is 25.2 Å². The van der Waals surface area contributed by atoms with Gasteiger partial charge in [0, 0.05) is 36.7 Å². The second kappa shape index (κ2) is 17.5. The van der Waals surface area contributed by atoms with Gasteiger partial charge in [0.2, 0.25) is 12.3 Å². The summed E-state index contributed by atoms with van der Waals surface area (Å²) in [7, 11) is 4.01. The lowest BCUT2D eigenvalue weighted by atomic mass is 9.82. The Bertz CT molecular complexity index is 2020. The van der Waals surface area contributed by atoms with Crippen LogP contribution in [0.5, 0.6) is 0 Å². The molecule has 1 aliphatic carbocycles. The molecule has 1 saturated carbocycles. The molecule has 3 heterocycles. The number of amidine groups is 1. The number of imide groups is 2. The van der Waals surface area contributed by atoms with E-state index in [0.717, 1.165) is 55.1 Å². The number of fused-ring (bicyclic) bond motifs is 2. The van der Waals surface area contributed by atoms with Crippen molar-refractivity contribution >= 4 is 64.9 Å². The zero-order valence-corrected chi connectivity index (χ0v) is 33.8. The third kappa shape index (κ3) is 8.30. The predicted octanol–water partition coefficient (Wildman–Crippen LogP) is 7.89. The monoisotopic (exact) mass is 780 g/mol. The van der Waals surface area contributed by atoms with Crippen LogP contribution in [0.25, 0.3) is 0 Å². The van der Waals surface area contributed by atoms with Crippen molar-refractivity contribution in [3.63, 3.8) is 0 Å². The maximum Gasteiger partial charge on any atom is 0.261 e. The Balaban J connectivity index is 0.000000190. The highest BCUT2D eigenvalue weighted by molar-refractivity contribution is 6.34. The number of rotatable bonds is 10. The van der Waals surface area contributed by atoms with Crippen molar-refractivity contribution in [3.05, 3.63) is 87.4 Å². The number of nitrogens with zero attached hydrogens (tertiary/aromatic N) is 4. The summed E-state index contributed by atoms with van der Waals surface area (Å²) >= 11 is 6.33. The fourth-order valence-corrected chi connectivity index (χ4v) is 8.87. The number of hydrogen-bond donors (Lipinski definition) is 2. The molecule has 56 heavy (non-hydrogen) atoms. The van der Waals surface area contributed by atoms with E-state index in [4.69, 9.17) is 11.6 Å². The van der Waals surface area contributed by atoms with Crippen LogP contribution in [-0.2, 0) is 15.0 Å². The quantitative estimate of drug-likeness (QED) is 0.157. The molecular formula is C44H53ClN6O5. The molecule has 0 spiro atoms. The number of piperidine rings is 1. The smallest absolute Gasteiger partial charge is 0.261 e. The summed E-state index contributed by atoms with van der Waals surface area (Å²) in [5.74, 6) is 0.444. The average Bonchev–Trinajstić information content (AvgIpc) is 3.58. The number of likely N-dealkylation sites (tertiary alicyclic amines) is 1. The third-order valence-corrected chi connectivity index (χ3v) is 12.2. The highest BCUT2D eigenvalue weighted by atomic mass is 35.5. The van der Waals surface area contributed by atoms with Crippen molar-refractivity contribution in [2.24, 2.45) is 4.99 Å². The van der Waals surface area contributed by atoms with E-state index in [2.05, 4.69) is 64.5 Å². The number of carbonyl (C=O) groups excluding carboxylic acids is 5. The largest absolute Gasteiger partial charge is 0.382 e. The molecule has 11 nitrogen and oxygen atoms in total. The van der Waals surface area contributed by atoms with Gasteiger partial charge in [-0.15, -0.1) is 0 Å². The highest BCUT2D eigenvalue weighted by Gasteiger charge is 2.43. The first-order valence-corrected chi connectivity index (χ1v) is 20.1. The maximum atomic E-state index is 12.8. The molecule has 7 rings (SSSR count). The Morgan fingerprint density at radius 3 is 2.34 bits per heavy atom. The van der Waals surface area contributed by atoms with Crippen molar-refractivity contribution in [3.8, 4) is 0 Å². The summed E-state index contributed by atoms with van der Waals surface area (Å²) in [6, 6.07) is 17.7. The molecule has 0 aromatic heterocycles. The molecule has 4 aliphatic rings. The minimum absolute atomic E-state index is 0.0712. The summed E-state index contributed by atoms with van der Waals surface area (Å²) in [4.78, 5) is 69.3. The van der Waals surface area contributed by atoms with Gasteiger partial charge in [-0.25, -0.2) is 0 Å². The number of carbonyl (C=O) groups is 5. The standard InChI is InChI=1S/C24H28ClN3O.C20H25N3O4/c1-24(2)19-14-17(16-10-12-27(4)13-11-16)8-9-22(19)28(23(24)26-3)21-7-5-6-20(25)18(21)15-29;1-13(7-10-18(25)21-12-24)23-19(26)16-9-8-15(11-17(16)20(23)27)22-14-5-3-2-4-6-14/h5-9,14-16H,10-13H2,1-4H3;8-9,11-14,22H,2-7,10H2,1H3,(H,21,24,25). The second-order valence-electron chi connectivity index (χ2n) is 15.9. The Labute approximate surface area is 334 Å². The Kier molecular flexibility index (Phi) is 12.8. The maximum absolute atomic E-state index is 12.8. The molecular weight excluding hydrogens is 728 g/mol. The lowest BCUT2D eigenvalue weighted by molar-refractivity contribution is -0.125. The topological polar surface area (TPSA) is 131 Å². The summed E-state index contributed by atoms with van der Waals surface area (Å²) in [6.45, 7) is 8.43. The van der Waals surface area contributed by atoms with Gasteiger partial charge >= 0.3 is 0 Å². The first kappa shape index (κ1) is 40.8. The number of hydrogen-bond acceptors (Lipinski definition) is 8. The molecule has 1 unspecified atom stereocenters. The van der Waals surface area contributed by atoms with Crippen LogP contribution in [0.15, 0.2) is 59.6 Å². The lowest BCUT2D eigenvalue weighted by Crippen LogP contribution is -2.38. The van der Waals surface area contributed by atoms with Crippen LogP contribution < -0.4 is 15.5 Å². The summed E-state index contributed by atoms with van der Waals surface area (Å²) < 4.78 is 0. The van der Waals surface area contributed by atoms with Crippen LogP contribution in [0.2, 0.25) is 5.02 Å². The first-order chi connectivity index (χ1) is 26.9. The zero-order chi connectivity index (χ0) is 40.1. The van der Waals surface area contributed by atoms with Gasteiger partial charge in [-0.1, -0.05) is 49.1 Å². The van der Waals surface area contributed by atoms with E-state index in [9.17, 15) is 24.0 Å². The predicted molar refractivity (Wildman–Crippen MR) is 222 cm³/mol. The number of anilines is 3. The number of aldehydes is 1. The van der Waals surface area contributed by atoms with E-state index in [-0.39, 0.29) is 23.7 Å². The van der Waals surface area contributed by atoms with Crippen molar-refractivity contribution in [2.75, 3.05) is 37.4 Å². The summed E-state index contributed by atoms with van der Waals surface area (Å²) in [5.41, 5.74) is 6.44. The highest BCUT2D eigenvalue weighted by Crippen LogP contribution is 2.48. The minimum atomic E-state index is -0.426. The van der Waals surface area contributed by atoms with E-state index in [1.54, 1.807) is 25.1 Å². The van der Waals surface area contributed by atoms with Crippen molar-refractivity contribution in [1.82, 2.24) is 15.1 Å². The molecule has 1 saturated heterocycles. The molecule has 2 fully saturated rings. The third-order valence-electron chi connectivity index (χ3n) is 11.8. The van der Waals surface area contributed by atoms with Gasteiger partial charge < -0.3 is 10.2 Å². The molecule has 3 aliphatic heterocycles. The van der Waals surface area contributed by atoms with Crippen molar-refractivity contribution in [2.45, 2.75) is 102 Å². The summed E-state index contributed by atoms with van der Waals surface area (Å²) in [5, 5.41) is 6.00. The molecule has 12 heteroatoms. The summed E-state index contributed by atoms with van der Waals surface area (Å²) in [6.07, 6.45) is 9.86. The van der Waals surface area contributed by atoms with Gasteiger partial charge in [0.15, 0.2) is 6.29 Å². The van der Waals surface area contributed by atoms with E-state index in [0.29, 0.717) is 46.5 Å². The Hall–Kier alpha value is -4.87. The Morgan fingerprint density at radius 2 is 1.66 bits per heavy atom. The van der Waals surface area contributed by atoms with Gasteiger partial charge in [-0.3, -0.25) is 44.1 Å². The SMILES string of the molecule is CC(CCC(=O)NC=O)N1C(=O)c2ccc(NC3CCCCC3)cc2C1=O.CN=C1N(c2cccc(Cl)c2C=O)c2ccc(C3CCN(C)CC3)cc2C1(C)C. The van der Waals surface area contributed by atoms with E-state index in [1.165, 1.54) is 48.1 Å². The van der Waals surface area contributed by atoms with Crippen LogP contribution in [0.4, 0.5) is 17.1 Å². The minimum Gasteiger partial charge on any atom is -0.382 e. The van der Waals surface area contributed by atoms with Crippen LogP contribution >= 0.6 is 11.6 Å². The van der Waals surface area contributed by atoms with Crippen LogP contribution in [0.1, 0.15) is 127 Å². The molecule has 0 radical (unpaired) electrons. The molecule has 3 aromatic carbocycles. The fraction of sp³-hybridized carbons (Fsp3) is 0.455. The molecule has 4 amide bonds. The van der Waals surface area contributed by atoms with Gasteiger partial charge in [-0.05, 0) is 126 Å². The lowest BCUT2D eigenvalue weighted by Gasteiger charge is -2.30. The normalized spacial score (nSPS) is 19.6. The van der Waals surface area contributed by atoms with Gasteiger partial charge in [-0.2, -0.15) is 0 Å². The van der Waals surface area contributed by atoms with Gasteiger partial charge in [0.05, 0.1) is 33.1 Å². The molecule has 1 atom stereocenters. The first-order valence-electron chi connectivity index (χ1n) is 19.7. The van der Waals surface area contributed by atoms with E-state index < -0.39 is 11.9 Å². The van der Waals surface area contributed by atoms with Crippen LogP contribution in [-0.4, -0.2) is 85.3 Å². The van der Waals surface area contributed by atoms with Gasteiger partial charge in [0.25, 0.3) is 11.8 Å². The number of nitrogens with one attached hydrogen (secondary N) is 2. The molecule has 2 N–H and O–H groups in total. The number of amides is 4. The van der Waals surface area contributed by atoms with Crippen LogP contribution in [0, 0.1) is 0 Å². The van der Waals surface area contributed by atoms with Crippen LogP contribution in [0.3, 0.4) is 0 Å².